The molecular formula is C24H25F3N6O3S. The van der Waals surface area contributed by atoms with E-state index in [9.17, 15) is 26.4 Å². The molecule has 2 aliphatic rings. The summed E-state index contributed by atoms with van der Waals surface area (Å²) in [6.45, 7) is 3.64. The molecule has 0 bridgehead atoms. The molecule has 1 fully saturated rings. The van der Waals surface area contributed by atoms with Crippen LogP contribution < -0.4 is 10.2 Å². The quantitative estimate of drug-likeness (QED) is 0.522. The van der Waals surface area contributed by atoms with E-state index >= 15 is 0 Å². The fourth-order valence-electron chi connectivity index (χ4n) is 4.42. The topological polar surface area (TPSA) is 102 Å². The van der Waals surface area contributed by atoms with Gasteiger partial charge in [0, 0.05) is 49.5 Å². The highest BCUT2D eigenvalue weighted by Crippen LogP contribution is 2.34. The van der Waals surface area contributed by atoms with Crippen LogP contribution in [0.2, 0.25) is 0 Å². The molecule has 9 nitrogen and oxygen atoms in total. The van der Waals surface area contributed by atoms with Crippen LogP contribution in [0.15, 0.2) is 53.4 Å². The fourth-order valence-corrected chi connectivity index (χ4v) is 5.79. The first-order valence-electron chi connectivity index (χ1n) is 11.6. The second kappa shape index (κ2) is 9.47. The summed E-state index contributed by atoms with van der Waals surface area (Å²) in [4.78, 5) is 17.1. The summed E-state index contributed by atoms with van der Waals surface area (Å²) in [6, 6.07) is 10.6. The highest BCUT2D eigenvalue weighted by molar-refractivity contribution is 7.89. The molecule has 0 radical (unpaired) electrons. The Morgan fingerprint density at radius 1 is 0.973 bits per heavy atom. The van der Waals surface area contributed by atoms with Crippen LogP contribution in [0, 0.1) is 0 Å². The van der Waals surface area contributed by atoms with Crippen molar-refractivity contribution < 1.29 is 26.4 Å². The van der Waals surface area contributed by atoms with Crippen molar-refractivity contribution in [3.63, 3.8) is 0 Å². The number of anilines is 2. The molecule has 196 valence electrons. The number of H-pyrrole nitrogens is 1. The lowest BCUT2D eigenvalue weighted by Gasteiger charge is -2.34. The van der Waals surface area contributed by atoms with E-state index in [0.717, 1.165) is 60.4 Å². The molecule has 3 aromatic rings. The van der Waals surface area contributed by atoms with Crippen LogP contribution in [-0.4, -0.2) is 67.0 Å². The number of halogens is 3. The largest absolute Gasteiger partial charge is 0.416 e. The van der Waals surface area contributed by atoms with Crippen molar-refractivity contribution in [2.24, 2.45) is 0 Å². The maximum Gasteiger partial charge on any atom is 0.416 e. The van der Waals surface area contributed by atoms with Crippen molar-refractivity contribution in [3.8, 4) is 0 Å². The molecule has 1 aromatic heterocycles. The Bertz CT molecular complexity index is 1400. The first-order chi connectivity index (χ1) is 17.5. The Morgan fingerprint density at radius 2 is 1.62 bits per heavy atom. The van der Waals surface area contributed by atoms with Gasteiger partial charge in [-0.05, 0) is 55.6 Å². The summed E-state index contributed by atoms with van der Waals surface area (Å²) < 4.78 is 65.7. The van der Waals surface area contributed by atoms with E-state index in [2.05, 4.69) is 32.4 Å². The number of fused-ring (bicyclic) bond motifs is 1. The van der Waals surface area contributed by atoms with Crippen molar-refractivity contribution in [1.29, 1.82) is 0 Å². The minimum Gasteiger partial charge on any atom is -0.369 e. The van der Waals surface area contributed by atoms with E-state index in [1.807, 2.05) is 12.1 Å². The van der Waals surface area contributed by atoms with Gasteiger partial charge in [-0.3, -0.25) is 9.89 Å². The number of likely N-dealkylation sites (N-methyl/N-ethyl adjacent to an activating group) is 1. The summed E-state index contributed by atoms with van der Waals surface area (Å²) in [5.74, 6) is -0.170. The molecule has 13 heteroatoms. The van der Waals surface area contributed by atoms with Crippen LogP contribution in [0.25, 0.3) is 0 Å². The van der Waals surface area contributed by atoms with E-state index in [0.29, 0.717) is 16.8 Å². The number of carbonyl (C=O) groups excluding carboxylic acids is 1. The molecule has 1 amide bonds. The second-order valence-electron chi connectivity index (χ2n) is 9.12. The van der Waals surface area contributed by atoms with Crippen molar-refractivity contribution in [1.82, 2.24) is 19.4 Å². The third kappa shape index (κ3) is 5.06. The normalized spacial score (nSPS) is 17.1. The maximum atomic E-state index is 13.0. The van der Waals surface area contributed by atoms with Gasteiger partial charge >= 0.3 is 6.18 Å². The summed E-state index contributed by atoms with van der Waals surface area (Å²) in [5, 5.41) is 9.60. The summed E-state index contributed by atoms with van der Waals surface area (Å²) in [7, 11) is -1.97. The SMILES string of the molecule is CN1CCN(c2ccc(C(=O)Nc3n[nH]c4c3CN(S(=O)(=O)c3ccc(C(F)(F)F)cc3)C4)cc2)CC1. The average Bonchev–Trinajstić information content (AvgIpc) is 3.47. The van der Waals surface area contributed by atoms with Crippen molar-refractivity contribution in [3.05, 3.63) is 70.9 Å². The van der Waals surface area contributed by atoms with Crippen molar-refractivity contribution in [2.45, 2.75) is 24.2 Å². The number of nitrogens with zero attached hydrogens (tertiary/aromatic N) is 4. The summed E-state index contributed by atoms with van der Waals surface area (Å²) in [6.07, 6.45) is -4.56. The number of aromatic nitrogens is 2. The molecule has 0 spiro atoms. The number of benzene rings is 2. The number of rotatable bonds is 5. The minimum absolute atomic E-state index is 0.0404. The number of amides is 1. The molecule has 5 rings (SSSR count). The zero-order valence-electron chi connectivity index (χ0n) is 19.9. The van der Waals surface area contributed by atoms with Crippen LogP contribution >= 0.6 is 0 Å². The van der Waals surface area contributed by atoms with E-state index in [1.54, 1.807) is 12.1 Å². The number of carbonyl (C=O) groups is 1. The number of piperazine rings is 1. The average molecular weight is 535 g/mol. The first kappa shape index (κ1) is 25.2. The number of aromatic amines is 1. The van der Waals surface area contributed by atoms with Gasteiger partial charge in [0.25, 0.3) is 5.91 Å². The van der Waals surface area contributed by atoms with E-state index in [1.165, 1.54) is 0 Å². The molecule has 0 saturated carbocycles. The van der Waals surface area contributed by atoms with E-state index in [-0.39, 0.29) is 29.7 Å². The Morgan fingerprint density at radius 3 is 2.24 bits per heavy atom. The second-order valence-corrected chi connectivity index (χ2v) is 11.1. The lowest BCUT2D eigenvalue weighted by Crippen LogP contribution is -2.44. The molecule has 0 atom stereocenters. The van der Waals surface area contributed by atoms with Gasteiger partial charge in [0.1, 0.15) is 0 Å². The van der Waals surface area contributed by atoms with Crippen molar-refractivity contribution in [2.75, 3.05) is 43.4 Å². The predicted molar refractivity (Wildman–Crippen MR) is 131 cm³/mol. The number of alkyl halides is 3. The van der Waals surface area contributed by atoms with Gasteiger partial charge in [0.2, 0.25) is 10.0 Å². The van der Waals surface area contributed by atoms with Gasteiger partial charge in [-0.1, -0.05) is 0 Å². The van der Waals surface area contributed by atoms with Crippen LogP contribution in [0.4, 0.5) is 24.7 Å². The Labute approximate surface area is 211 Å². The Balaban J connectivity index is 1.26. The van der Waals surface area contributed by atoms with Crippen LogP contribution in [0.1, 0.15) is 27.2 Å². The van der Waals surface area contributed by atoms with E-state index < -0.39 is 21.8 Å². The van der Waals surface area contributed by atoms with Crippen molar-refractivity contribution >= 4 is 27.4 Å². The molecule has 3 heterocycles. The third-order valence-corrected chi connectivity index (χ3v) is 8.48. The van der Waals surface area contributed by atoms with Gasteiger partial charge in [-0.2, -0.15) is 22.6 Å². The van der Waals surface area contributed by atoms with E-state index in [4.69, 9.17) is 0 Å². The summed E-state index contributed by atoms with van der Waals surface area (Å²) in [5.41, 5.74) is 1.56. The van der Waals surface area contributed by atoms with Crippen LogP contribution in [0.3, 0.4) is 0 Å². The molecule has 1 saturated heterocycles. The maximum absolute atomic E-state index is 13.0. The van der Waals surface area contributed by atoms with Crippen LogP contribution in [-0.2, 0) is 29.3 Å². The Hall–Kier alpha value is -3.42. The molecule has 37 heavy (non-hydrogen) atoms. The van der Waals surface area contributed by atoms with Gasteiger partial charge in [-0.15, -0.1) is 0 Å². The third-order valence-electron chi connectivity index (χ3n) is 6.67. The van der Waals surface area contributed by atoms with Gasteiger partial charge in [0.05, 0.1) is 22.7 Å². The molecule has 0 aliphatic carbocycles. The molecule has 0 unspecified atom stereocenters. The number of sulfonamides is 1. The number of hydrogen-bond donors (Lipinski definition) is 2. The highest BCUT2D eigenvalue weighted by Gasteiger charge is 2.35. The smallest absolute Gasteiger partial charge is 0.369 e. The first-order valence-corrected chi connectivity index (χ1v) is 13.0. The standard InChI is InChI=1S/C24H25F3N6O3S/c1-31-10-12-32(13-11-31)18-6-2-16(3-7-18)23(34)28-22-20-14-33(15-21(20)29-30-22)37(35,36)19-8-4-17(5-9-19)24(25,26)27/h2-9H,10-15H2,1H3,(H2,28,29,30,34). The molecular weight excluding hydrogens is 509 g/mol. The van der Waals surface area contributed by atoms with Gasteiger partial charge < -0.3 is 15.1 Å². The zero-order chi connectivity index (χ0) is 26.4. The zero-order valence-corrected chi connectivity index (χ0v) is 20.7. The molecule has 2 aliphatic heterocycles. The number of nitrogens with one attached hydrogen (secondary N) is 2. The monoisotopic (exact) mass is 534 g/mol. The summed E-state index contributed by atoms with van der Waals surface area (Å²) >= 11 is 0. The molecule has 2 aromatic carbocycles. The van der Waals surface area contributed by atoms with Gasteiger partial charge in [-0.25, -0.2) is 8.42 Å². The number of hydrogen-bond acceptors (Lipinski definition) is 6. The Kier molecular flexibility index (Phi) is 6.46. The lowest BCUT2D eigenvalue weighted by atomic mass is 10.1. The lowest BCUT2D eigenvalue weighted by molar-refractivity contribution is -0.137. The highest BCUT2D eigenvalue weighted by atomic mass is 32.2. The fraction of sp³-hybridized carbons (Fsp3) is 0.333. The minimum atomic E-state index is -4.56. The van der Waals surface area contributed by atoms with Gasteiger partial charge in [0.15, 0.2) is 5.82 Å². The van der Waals surface area contributed by atoms with Crippen LogP contribution in [0.5, 0.6) is 0 Å². The molecule has 2 N–H and O–H groups in total. The predicted octanol–water partition coefficient (Wildman–Crippen LogP) is 3.14.